The number of alkyl halides is 3. The Morgan fingerprint density at radius 3 is 2.38 bits per heavy atom. The third kappa shape index (κ3) is 4.18. The van der Waals surface area contributed by atoms with Crippen molar-refractivity contribution in [3.63, 3.8) is 0 Å². The van der Waals surface area contributed by atoms with Crippen molar-refractivity contribution in [1.82, 2.24) is 15.2 Å². The van der Waals surface area contributed by atoms with E-state index in [1.807, 2.05) is 18.2 Å². The van der Waals surface area contributed by atoms with Gasteiger partial charge in [0.25, 0.3) is 0 Å². The summed E-state index contributed by atoms with van der Waals surface area (Å²) >= 11 is 0. The highest BCUT2D eigenvalue weighted by atomic mass is 19.4. The Balaban J connectivity index is 1.75. The number of rotatable bonds is 5. The molecule has 134 valence electrons. The van der Waals surface area contributed by atoms with Gasteiger partial charge in [-0.3, -0.25) is 0 Å². The fourth-order valence-corrected chi connectivity index (χ4v) is 2.17. The number of methoxy groups -OCH3 is 1. The monoisotopic (exact) mass is 361 g/mol. The van der Waals surface area contributed by atoms with E-state index >= 15 is 0 Å². The minimum atomic E-state index is -4.38. The lowest BCUT2D eigenvalue weighted by atomic mass is 10.2. The Bertz CT molecular complexity index is 884. The lowest BCUT2D eigenvalue weighted by molar-refractivity contribution is -0.137. The minimum absolute atomic E-state index is 0.143. The Hall–Kier alpha value is -3.36. The van der Waals surface area contributed by atoms with Crippen LogP contribution >= 0.6 is 0 Å². The van der Waals surface area contributed by atoms with E-state index in [2.05, 4.69) is 25.8 Å². The number of nitrogens with zero attached hydrogens (tertiary/aromatic N) is 3. The molecule has 2 aromatic carbocycles. The summed E-state index contributed by atoms with van der Waals surface area (Å²) in [4.78, 5) is 4.24. The second-order valence-electron chi connectivity index (χ2n) is 5.19. The van der Waals surface area contributed by atoms with Gasteiger partial charge < -0.3 is 15.4 Å². The Morgan fingerprint density at radius 1 is 0.962 bits per heavy atom. The molecule has 3 rings (SSSR count). The van der Waals surface area contributed by atoms with Crippen LogP contribution in [0.1, 0.15) is 5.56 Å². The predicted octanol–water partition coefficient (Wildman–Crippen LogP) is 4.39. The second-order valence-corrected chi connectivity index (χ2v) is 5.19. The molecule has 0 radical (unpaired) electrons. The van der Waals surface area contributed by atoms with Crippen molar-refractivity contribution in [2.75, 3.05) is 17.7 Å². The van der Waals surface area contributed by atoms with Crippen LogP contribution < -0.4 is 15.4 Å². The molecule has 0 amide bonds. The molecule has 1 heterocycles. The van der Waals surface area contributed by atoms with Crippen LogP contribution in [-0.2, 0) is 6.18 Å². The molecule has 0 bridgehead atoms. The molecule has 1 aromatic heterocycles. The number of ether oxygens (including phenoxy) is 1. The Kier molecular flexibility index (Phi) is 4.87. The van der Waals surface area contributed by atoms with Gasteiger partial charge in [-0.25, -0.2) is 0 Å². The second kappa shape index (κ2) is 7.26. The third-order valence-corrected chi connectivity index (χ3v) is 3.40. The zero-order valence-electron chi connectivity index (χ0n) is 13.6. The smallest absolute Gasteiger partial charge is 0.416 e. The van der Waals surface area contributed by atoms with Crippen molar-refractivity contribution < 1.29 is 17.9 Å². The van der Waals surface area contributed by atoms with Crippen LogP contribution in [0.4, 0.5) is 36.3 Å². The number of para-hydroxylation sites is 2. The van der Waals surface area contributed by atoms with Gasteiger partial charge in [0.05, 0.1) is 24.6 Å². The first-order valence-electron chi connectivity index (χ1n) is 7.50. The van der Waals surface area contributed by atoms with E-state index in [9.17, 15) is 13.2 Å². The van der Waals surface area contributed by atoms with E-state index in [1.165, 1.54) is 18.3 Å². The summed E-state index contributed by atoms with van der Waals surface area (Å²) in [5.41, 5.74) is 0.374. The van der Waals surface area contributed by atoms with Crippen molar-refractivity contribution in [3.05, 3.63) is 60.3 Å². The number of nitrogens with one attached hydrogen (secondary N) is 2. The lowest BCUT2D eigenvalue weighted by Crippen LogP contribution is -2.05. The average molecular weight is 361 g/mol. The van der Waals surface area contributed by atoms with Crippen LogP contribution in [0, 0.1) is 0 Å². The molecule has 0 spiro atoms. The number of anilines is 4. The molecule has 0 aliphatic heterocycles. The molecule has 9 heteroatoms. The van der Waals surface area contributed by atoms with Gasteiger partial charge in [0.15, 0.2) is 5.82 Å². The van der Waals surface area contributed by atoms with Crippen molar-refractivity contribution in [3.8, 4) is 5.75 Å². The van der Waals surface area contributed by atoms with Gasteiger partial charge in [0, 0.05) is 5.69 Å². The molecule has 0 fully saturated rings. The van der Waals surface area contributed by atoms with Crippen LogP contribution in [0.15, 0.2) is 54.7 Å². The molecule has 0 aliphatic carbocycles. The Morgan fingerprint density at radius 2 is 1.69 bits per heavy atom. The molecular weight excluding hydrogens is 347 g/mol. The minimum Gasteiger partial charge on any atom is -0.495 e. The molecule has 0 saturated carbocycles. The van der Waals surface area contributed by atoms with Crippen LogP contribution in [0.25, 0.3) is 0 Å². The molecule has 6 nitrogen and oxygen atoms in total. The molecule has 0 aliphatic rings. The highest BCUT2D eigenvalue weighted by molar-refractivity contribution is 5.64. The molecule has 0 unspecified atom stereocenters. The predicted molar refractivity (Wildman–Crippen MR) is 90.8 cm³/mol. The first-order chi connectivity index (χ1) is 12.5. The molecular formula is C17H14F3N5O. The van der Waals surface area contributed by atoms with E-state index in [0.717, 1.165) is 12.1 Å². The van der Waals surface area contributed by atoms with Crippen LogP contribution in [0.5, 0.6) is 5.75 Å². The molecule has 0 saturated heterocycles. The van der Waals surface area contributed by atoms with E-state index in [1.54, 1.807) is 13.2 Å². The fraction of sp³-hybridized carbons (Fsp3) is 0.118. The van der Waals surface area contributed by atoms with E-state index in [4.69, 9.17) is 4.74 Å². The highest BCUT2D eigenvalue weighted by Gasteiger charge is 2.29. The summed E-state index contributed by atoms with van der Waals surface area (Å²) in [6.07, 6.45) is -2.96. The van der Waals surface area contributed by atoms with Gasteiger partial charge in [-0.15, -0.1) is 5.10 Å². The number of benzene rings is 2. The van der Waals surface area contributed by atoms with Crippen LogP contribution in [-0.4, -0.2) is 22.3 Å². The maximum atomic E-state index is 12.6. The van der Waals surface area contributed by atoms with Crippen LogP contribution in [0.2, 0.25) is 0 Å². The molecule has 0 atom stereocenters. The van der Waals surface area contributed by atoms with Crippen molar-refractivity contribution >= 4 is 23.1 Å². The first-order valence-corrected chi connectivity index (χ1v) is 7.50. The zero-order chi connectivity index (χ0) is 18.6. The topological polar surface area (TPSA) is 72.0 Å². The number of hydrogen-bond donors (Lipinski definition) is 2. The average Bonchev–Trinajstić information content (AvgIpc) is 2.62. The maximum Gasteiger partial charge on any atom is 0.416 e. The van der Waals surface area contributed by atoms with E-state index < -0.39 is 11.7 Å². The quantitative estimate of drug-likeness (QED) is 0.702. The summed E-state index contributed by atoms with van der Waals surface area (Å²) in [6, 6.07) is 11.8. The van der Waals surface area contributed by atoms with Crippen molar-refractivity contribution in [2.45, 2.75) is 6.18 Å². The number of aromatic nitrogens is 3. The van der Waals surface area contributed by atoms with Gasteiger partial charge in [0.1, 0.15) is 5.75 Å². The lowest BCUT2D eigenvalue weighted by Gasteiger charge is -2.11. The standard InChI is InChI=1S/C17H14F3N5O/c1-26-14-5-3-2-4-13(14)23-15-10-21-25-16(24-15)22-12-8-6-11(7-9-12)17(18,19)20/h2-10H,1H3,(H2,22,23,24,25). The fourth-order valence-electron chi connectivity index (χ4n) is 2.17. The van der Waals surface area contributed by atoms with E-state index in [-0.39, 0.29) is 5.95 Å². The van der Waals surface area contributed by atoms with E-state index in [0.29, 0.717) is 22.9 Å². The molecule has 26 heavy (non-hydrogen) atoms. The summed E-state index contributed by atoms with van der Waals surface area (Å²) in [7, 11) is 1.55. The van der Waals surface area contributed by atoms with Gasteiger partial charge in [-0.1, -0.05) is 12.1 Å². The van der Waals surface area contributed by atoms with Crippen molar-refractivity contribution in [2.24, 2.45) is 0 Å². The highest BCUT2D eigenvalue weighted by Crippen LogP contribution is 2.30. The largest absolute Gasteiger partial charge is 0.495 e. The molecule has 2 N–H and O–H groups in total. The number of hydrogen-bond acceptors (Lipinski definition) is 6. The van der Waals surface area contributed by atoms with Gasteiger partial charge in [0.2, 0.25) is 5.95 Å². The summed E-state index contributed by atoms with van der Waals surface area (Å²) < 4.78 is 43.0. The summed E-state index contributed by atoms with van der Waals surface area (Å²) in [5, 5.41) is 13.5. The van der Waals surface area contributed by atoms with Gasteiger partial charge in [-0.05, 0) is 36.4 Å². The summed E-state index contributed by atoms with van der Waals surface area (Å²) in [5.74, 6) is 1.17. The van der Waals surface area contributed by atoms with Crippen molar-refractivity contribution in [1.29, 1.82) is 0 Å². The maximum absolute atomic E-state index is 12.6. The normalized spacial score (nSPS) is 11.1. The third-order valence-electron chi connectivity index (χ3n) is 3.40. The molecule has 3 aromatic rings. The van der Waals surface area contributed by atoms with Crippen LogP contribution in [0.3, 0.4) is 0 Å². The van der Waals surface area contributed by atoms with Gasteiger partial charge >= 0.3 is 6.18 Å². The van der Waals surface area contributed by atoms with Gasteiger partial charge in [-0.2, -0.15) is 23.3 Å². The zero-order valence-corrected chi connectivity index (χ0v) is 13.6. The summed E-state index contributed by atoms with van der Waals surface area (Å²) in [6.45, 7) is 0. The number of halogens is 3. The SMILES string of the molecule is COc1ccccc1Nc1cnnc(Nc2ccc(C(F)(F)F)cc2)n1. The first kappa shape index (κ1) is 17.5. The Labute approximate surface area is 147 Å².